The summed E-state index contributed by atoms with van der Waals surface area (Å²) in [6.07, 6.45) is 6.84. The first kappa shape index (κ1) is 30.1. The number of carbonyl (C=O) groups is 2. The van der Waals surface area contributed by atoms with Crippen LogP contribution in [0.5, 0.6) is 0 Å². The zero-order valence-corrected chi connectivity index (χ0v) is 24.4. The van der Waals surface area contributed by atoms with Gasteiger partial charge in [0.2, 0.25) is 0 Å². The third-order valence-electron chi connectivity index (χ3n) is 7.55. The average molecular weight is 495 g/mol. The van der Waals surface area contributed by atoms with E-state index in [-0.39, 0.29) is 46.3 Å². The van der Waals surface area contributed by atoms with Gasteiger partial charge in [-0.3, -0.25) is 9.59 Å². The van der Waals surface area contributed by atoms with Crippen LogP contribution in [-0.2, 0) is 19.1 Å². The van der Waals surface area contributed by atoms with Gasteiger partial charge in [0, 0.05) is 47.8 Å². The number of hydrogen-bond donors (Lipinski definition) is 2. The second-order valence-corrected chi connectivity index (χ2v) is 13.9. The fraction of sp³-hybridized carbons (Fsp3) is 0.931. The lowest BCUT2D eigenvalue weighted by atomic mass is 9.76. The molecule has 0 saturated carbocycles. The van der Waals surface area contributed by atoms with E-state index in [0.29, 0.717) is 12.8 Å². The SMILES string of the molecule is CCCCC(CCCC)(C(=O)OC1CC(C)(C)NC(C)(C)C1)C(=O)OC1CC(C)(C)NC(C)(C)C1. The molecule has 2 rings (SSSR count). The highest BCUT2D eigenvalue weighted by Crippen LogP contribution is 2.39. The van der Waals surface area contributed by atoms with Crippen LogP contribution in [-0.4, -0.2) is 46.3 Å². The molecule has 0 amide bonds. The van der Waals surface area contributed by atoms with Crippen LogP contribution in [0, 0.1) is 5.41 Å². The Bertz CT molecular complexity index is 647. The average Bonchev–Trinajstić information content (AvgIpc) is 2.63. The Morgan fingerprint density at radius 1 is 0.657 bits per heavy atom. The summed E-state index contributed by atoms with van der Waals surface area (Å²) < 4.78 is 12.4. The molecule has 35 heavy (non-hydrogen) atoms. The molecule has 0 aliphatic carbocycles. The Morgan fingerprint density at radius 3 is 1.20 bits per heavy atom. The zero-order chi connectivity index (χ0) is 26.7. The molecule has 2 aliphatic rings. The minimum Gasteiger partial charge on any atom is -0.461 e. The topological polar surface area (TPSA) is 76.7 Å². The van der Waals surface area contributed by atoms with Gasteiger partial charge in [-0.15, -0.1) is 0 Å². The van der Waals surface area contributed by atoms with Gasteiger partial charge in [0.1, 0.15) is 12.2 Å². The van der Waals surface area contributed by atoms with E-state index in [1.54, 1.807) is 0 Å². The van der Waals surface area contributed by atoms with Crippen LogP contribution < -0.4 is 10.6 Å². The highest BCUT2D eigenvalue weighted by molar-refractivity contribution is 6.00. The molecule has 0 atom stereocenters. The van der Waals surface area contributed by atoms with E-state index in [2.05, 4.69) is 79.9 Å². The molecular formula is C29H54N2O4. The third kappa shape index (κ3) is 8.45. The first-order chi connectivity index (χ1) is 15.9. The molecule has 2 N–H and O–H groups in total. The summed E-state index contributed by atoms with van der Waals surface area (Å²) in [5.74, 6) is -0.759. The maximum absolute atomic E-state index is 13.9. The lowest BCUT2D eigenvalue weighted by molar-refractivity contribution is -0.184. The predicted octanol–water partition coefficient (Wildman–Crippen LogP) is 6.06. The Balaban J connectivity index is 2.31. The van der Waals surface area contributed by atoms with Gasteiger partial charge in [-0.05, 0) is 68.2 Å². The van der Waals surface area contributed by atoms with Crippen molar-refractivity contribution in [2.45, 2.75) is 168 Å². The van der Waals surface area contributed by atoms with Crippen molar-refractivity contribution in [1.82, 2.24) is 10.6 Å². The molecule has 0 radical (unpaired) electrons. The molecule has 6 nitrogen and oxygen atoms in total. The first-order valence-electron chi connectivity index (χ1n) is 14.0. The Morgan fingerprint density at radius 2 is 0.943 bits per heavy atom. The fourth-order valence-corrected chi connectivity index (χ4v) is 6.73. The number of piperidine rings is 2. The van der Waals surface area contributed by atoms with E-state index in [9.17, 15) is 9.59 Å². The Hall–Kier alpha value is -1.14. The van der Waals surface area contributed by atoms with E-state index in [4.69, 9.17) is 9.47 Å². The second-order valence-electron chi connectivity index (χ2n) is 13.9. The van der Waals surface area contributed by atoms with Crippen LogP contribution in [0.4, 0.5) is 0 Å². The standard InChI is InChI=1S/C29H54N2O4/c1-11-13-15-29(16-14-12-2,23(32)34-21-17-25(3,4)30-26(5,6)18-21)24(33)35-22-19-27(7,8)31-28(9,10)20-22/h21-22,30-31H,11-20H2,1-10H3. The van der Waals surface area contributed by atoms with Crippen LogP contribution in [0.3, 0.4) is 0 Å². The van der Waals surface area contributed by atoms with E-state index in [1.807, 2.05) is 0 Å². The quantitative estimate of drug-likeness (QED) is 0.284. The van der Waals surface area contributed by atoms with Gasteiger partial charge in [0.05, 0.1) is 0 Å². The highest BCUT2D eigenvalue weighted by atomic mass is 16.6. The molecule has 2 fully saturated rings. The number of unbranched alkanes of at least 4 members (excludes halogenated alkanes) is 2. The highest BCUT2D eigenvalue weighted by Gasteiger charge is 2.51. The van der Waals surface area contributed by atoms with Crippen molar-refractivity contribution in [2.24, 2.45) is 5.41 Å². The molecule has 2 saturated heterocycles. The van der Waals surface area contributed by atoms with E-state index < -0.39 is 5.41 Å². The van der Waals surface area contributed by atoms with Gasteiger partial charge in [0.15, 0.2) is 5.41 Å². The van der Waals surface area contributed by atoms with Gasteiger partial charge in [-0.25, -0.2) is 0 Å². The van der Waals surface area contributed by atoms with Gasteiger partial charge in [0.25, 0.3) is 0 Å². The molecule has 204 valence electrons. The second kappa shape index (κ2) is 11.1. The van der Waals surface area contributed by atoms with E-state index >= 15 is 0 Å². The molecule has 2 heterocycles. The minimum absolute atomic E-state index is 0.144. The Kier molecular flexibility index (Phi) is 9.53. The molecule has 2 aliphatic heterocycles. The number of ether oxygens (including phenoxy) is 2. The van der Waals surface area contributed by atoms with Crippen LogP contribution >= 0.6 is 0 Å². The number of carbonyl (C=O) groups excluding carboxylic acids is 2. The number of hydrogen-bond acceptors (Lipinski definition) is 6. The summed E-state index contributed by atoms with van der Waals surface area (Å²) in [6.45, 7) is 21.3. The van der Waals surface area contributed by atoms with Gasteiger partial charge in [-0.1, -0.05) is 39.5 Å². The number of esters is 2. The molecule has 0 aromatic heterocycles. The number of nitrogens with one attached hydrogen (secondary N) is 2. The van der Waals surface area contributed by atoms with Crippen molar-refractivity contribution in [1.29, 1.82) is 0 Å². The molecule has 0 bridgehead atoms. The van der Waals surface area contributed by atoms with Crippen molar-refractivity contribution >= 4 is 11.9 Å². The fourth-order valence-electron chi connectivity index (χ4n) is 6.73. The largest absolute Gasteiger partial charge is 0.461 e. The third-order valence-corrected chi connectivity index (χ3v) is 7.55. The summed E-state index contributed by atoms with van der Waals surface area (Å²) in [4.78, 5) is 27.9. The molecule has 0 unspecified atom stereocenters. The predicted molar refractivity (Wildman–Crippen MR) is 142 cm³/mol. The molecule has 0 aromatic carbocycles. The monoisotopic (exact) mass is 494 g/mol. The van der Waals surface area contributed by atoms with Crippen LogP contribution in [0.2, 0.25) is 0 Å². The lowest BCUT2D eigenvalue weighted by Crippen LogP contribution is -2.61. The van der Waals surface area contributed by atoms with Gasteiger partial charge >= 0.3 is 11.9 Å². The summed E-state index contributed by atoms with van der Waals surface area (Å²) in [5.41, 5.74) is -1.81. The van der Waals surface area contributed by atoms with Crippen LogP contribution in [0.15, 0.2) is 0 Å². The molecule has 6 heteroatoms. The Labute approximate surface area is 215 Å². The van der Waals surface area contributed by atoms with Crippen LogP contribution in [0.25, 0.3) is 0 Å². The van der Waals surface area contributed by atoms with Crippen molar-refractivity contribution in [3.8, 4) is 0 Å². The molecular weight excluding hydrogens is 440 g/mol. The van der Waals surface area contributed by atoms with Crippen molar-refractivity contribution in [2.75, 3.05) is 0 Å². The summed E-state index contributed by atoms with van der Waals surface area (Å²) in [5, 5.41) is 7.29. The zero-order valence-electron chi connectivity index (χ0n) is 24.4. The maximum Gasteiger partial charge on any atom is 0.323 e. The van der Waals surface area contributed by atoms with Crippen LogP contribution in [0.1, 0.15) is 133 Å². The summed E-state index contributed by atoms with van der Waals surface area (Å²) in [7, 11) is 0. The van der Waals surface area contributed by atoms with Crippen molar-refractivity contribution < 1.29 is 19.1 Å². The molecule has 0 aromatic rings. The summed E-state index contributed by atoms with van der Waals surface area (Å²) >= 11 is 0. The number of rotatable bonds is 10. The maximum atomic E-state index is 13.9. The normalized spacial score (nSPS) is 24.1. The van der Waals surface area contributed by atoms with Crippen molar-refractivity contribution in [3.63, 3.8) is 0 Å². The molecule has 0 spiro atoms. The minimum atomic E-state index is -1.23. The van der Waals surface area contributed by atoms with Gasteiger partial charge < -0.3 is 20.1 Å². The lowest BCUT2D eigenvalue weighted by Gasteiger charge is -2.47. The first-order valence-corrected chi connectivity index (χ1v) is 14.0. The summed E-state index contributed by atoms with van der Waals surface area (Å²) in [6, 6.07) is 0. The van der Waals surface area contributed by atoms with Crippen molar-refractivity contribution in [3.05, 3.63) is 0 Å². The van der Waals surface area contributed by atoms with E-state index in [1.165, 1.54) is 0 Å². The van der Waals surface area contributed by atoms with E-state index in [0.717, 1.165) is 51.4 Å². The van der Waals surface area contributed by atoms with Gasteiger partial charge in [-0.2, -0.15) is 0 Å². The smallest absolute Gasteiger partial charge is 0.323 e.